The summed E-state index contributed by atoms with van der Waals surface area (Å²) in [6, 6.07) is 3.78. The van der Waals surface area contributed by atoms with E-state index in [1.165, 1.54) is 19.2 Å². The van der Waals surface area contributed by atoms with Gasteiger partial charge in [0.05, 0.1) is 17.7 Å². The molecule has 0 saturated heterocycles. The Balaban J connectivity index is 2.56. The Morgan fingerprint density at radius 2 is 2.04 bits per heavy atom. The molecule has 138 valence electrons. The quantitative estimate of drug-likeness (QED) is 0.710. The Hall–Kier alpha value is -1.53. The van der Waals surface area contributed by atoms with Crippen LogP contribution < -0.4 is 0 Å². The molecule has 0 radical (unpaired) electrons. The van der Waals surface area contributed by atoms with Crippen molar-refractivity contribution in [3.63, 3.8) is 0 Å². The third kappa shape index (κ3) is 4.01. The lowest BCUT2D eigenvalue weighted by atomic mass is 9.66. The van der Waals surface area contributed by atoms with Crippen molar-refractivity contribution in [1.82, 2.24) is 0 Å². The molecule has 1 aromatic carbocycles. The lowest BCUT2D eigenvalue weighted by Gasteiger charge is -2.38. The minimum absolute atomic E-state index is 0.0911. The Kier molecular flexibility index (Phi) is 5.84. The monoisotopic (exact) mass is 376 g/mol. The summed E-state index contributed by atoms with van der Waals surface area (Å²) in [5, 5.41) is -0.368. The second-order valence-electron chi connectivity index (χ2n) is 6.40. The van der Waals surface area contributed by atoms with Gasteiger partial charge in [-0.1, -0.05) is 30.7 Å². The smallest absolute Gasteiger partial charge is 0.417 e. The standard InChI is InChI=1S/C18H20ClF3O3/c1-17(12-5-7-15(19)14(8-12)18(20,21)22)9-11(10-24-2)4-6-13(17)16(23)25-3/h5-8,11H,4,9-10H2,1-3H3. The maximum absolute atomic E-state index is 13.2. The SMILES string of the molecule is COCC1CC=C(C(=O)OC)C(C)(c2ccc(Cl)c(C(F)(F)F)c2)C1. The molecule has 0 N–H and O–H groups in total. The number of halogens is 4. The molecule has 0 saturated carbocycles. The molecule has 2 atom stereocenters. The summed E-state index contributed by atoms with van der Waals surface area (Å²) in [6.07, 6.45) is -1.76. The average molecular weight is 377 g/mol. The minimum Gasteiger partial charge on any atom is -0.466 e. The fourth-order valence-electron chi connectivity index (χ4n) is 3.42. The summed E-state index contributed by atoms with van der Waals surface area (Å²) in [7, 11) is 2.83. The highest BCUT2D eigenvalue weighted by Gasteiger charge is 2.42. The van der Waals surface area contributed by atoms with Crippen molar-refractivity contribution < 1.29 is 27.4 Å². The maximum Gasteiger partial charge on any atom is 0.417 e. The van der Waals surface area contributed by atoms with Crippen molar-refractivity contribution >= 4 is 17.6 Å². The molecule has 1 aromatic rings. The number of benzene rings is 1. The van der Waals surface area contributed by atoms with Crippen LogP contribution in [0.4, 0.5) is 13.2 Å². The molecule has 0 spiro atoms. The van der Waals surface area contributed by atoms with Crippen LogP contribution in [-0.2, 0) is 25.9 Å². The van der Waals surface area contributed by atoms with Gasteiger partial charge in [0.1, 0.15) is 0 Å². The molecule has 0 amide bonds. The van der Waals surface area contributed by atoms with Gasteiger partial charge in [0, 0.05) is 24.7 Å². The molecule has 25 heavy (non-hydrogen) atoms. The summed E-state index contributed by atoms with van der Waals surface area (Å²) in [5.74, 6) is -0.449. The number of esters is 1. The van der Waals surface area contributed by atoms with Crippen molar-refractivity contribution in [1.29, 1.82) is 0 Å². The van der Waals surface area contributed by atoms with E-state index in [0.29, 0.717) is 30.6 Å². The lowest BCUT2D eigenvalue weighted by Crippen LogP contribution is -2.36. The summed E-state index contributed by atoms with van der Waals surface area (Å²) in [5.41, 5.74) is -1.09. The van der Waals surface area contributed by atoms with Crippen LogP contribution in [0, 0.1) is 5.92 Å². The number of alkyl halides is 3. The lowest BCUT2D eigenvalue weighted by molar-refractivity contribution is -0.137. The number of hydrogen-bond donors (Lipinski definition) is 0. The molecule has 0 aromatic heterocycles. The third-order valence-electron chi connectivity index (χ3n) is 4.66. The Labute approximate surface area is 149 Å². The zero-order chi connectivity index (χ0) is 18.8. The first-order valence-corrected chi connectivity index (χ1v) is 8.16. The number of rotatable bonds is 4. The molecule has 1 aliphatic carbocycles. The van der Waals surface area contributed by atoms with Crippen LogP contribution in [0.1, 0.15) is 30.9 Å². The minimum atomic E-state index is -4.57. The first-order chi connectivity index (χ1) is 11.6. The highest BCUT2D eigenvalue weighted by Crippen LogP contribution is 2.45. The number of carbonyl (C=O) groups is 1. The molecule has 7 heteroatoms. The molecule has 2 unspecified atom stereocenters. The number of carbonyl (C=O) groups excluding carboxylic acids is 1. The van der Waals surface area contributed by atoms with Crippen LogP contribution in [0.15, 0.2) is 29.8 Å². The van der Waals surface area contributed by atoms with Gasteiger partial charge in [-0.05, 0) is 36.5 Å². The van der Waals surface area contributed by atoms with E-state index >= 15 is 0 Å². The molecule has 1 aliphatic rings. The van der Waals surface area contributed by atoms with E-state index < -0.39 is 23.1 Å². The molecule has 2 rings (SSSR count). The summed E-state index contributed by atoms with van der Waals surface area (Å²) >= 11 is 5.72. The predicted octanol–water partition coefficient (Wildman–Crippen LogP) is 4.77. The van der Waals surface area contributed by atoms with Gasteiger partial charge in [-0.25, -0.2) is 4.79 Å². The van der Waals surface area contributed by atoms with Crippen molar-refractivity contribution in [2.75, 3.05) is 20.8 Å². The zero-order valence-electron chi connectivity index (χ0n) is 14.2. The number of ether oxygens (including phenoxy) is 2. The molecular formula is C18H20ClF3O3. The second kappa shape index (κ2) is 7.38. The van der Waals surface area contributed by atoms with Crippen molar-refractivity contribution in [3.05, 3.63) is 46.0 Å². The fraction of sp³-hybridized carbons (Fsp3) is 0.500. The van der Waals surface area contributed by atoms with Crippen LogP contribution in [0.3, 0.4) is 0 Å². The highest BCUT2D eigenvalue weighted by molar-refractivity contribution is 6.31. The fourth-order valence-corrected chi connectivity index (χ4v) is 3.65. The van der Waals surface area contributed by atoms with Gasteiger partial charge >= 0.3 is 12.1 Å². The summed E-state index contributed by atoms with van der Waals surface area (Å²) in [4.78, 5) is 12.2. The summed E-state index contributed by atoms with van der Waals surface area (Å²) < 4.78 is 49.7. The largest absolute Gasteiger partial charge is 0.466 e. The molecule has 0 fully saturated rings. The van der Waals surface area contributed by atoms with Gasteiger partial charge in [0.2, 0.25) is 0 Å². The molecule has 0 aliphatic heterocycles. The van der Waals surface area contributed by atoms with Crippen molar-refractivity contribution in [2.24, 2.45) is 5.92 Å². The first kappa shape index (κ1) is 19.8. The van der Waals surface area contributed by atoms with E-state index in [9.17, 15) is 18.0 Å². The van der Waals surface area contributed by atoms with E-state index in [-0.39, 0.29) is 10.9 Å². The van der Waals surface area contributed by atoms with Crippen LogP contribution in [0.2, 0.25) is 5.02 Å². The van der Waals surface area contributed by atoms with Gasteiger partial charge in [-0.3, -0.25) is 0 Å². The Bertz CT molecular complexity index is 685. The van der Waals surface area contributed by atoms with E-state index in [0.717, 1.165) is 6.07 Å². The van der Waals surface area contributed by atoms with Crippen molar-refractivity contribution in [3.8, 4) is 0 Å². The van der Waals surface area contributed by atoms with Gasteiger partial charge in [-0.15, -0.1) is 0 Å². The average Bonchev–Trinajstić information content (AvgIpc) is 2.53. The highest BCUT2D eigenvalue weighted by atomic mass is 35.5. The number of hydrogen-bond acceptors (Lipinski definition) is 3. The van der Waals surface area contributed by atoms with Crippen LogP contribution >= 0.6 is 11.6 Å². The second-order valence-corrected chi connectivity index (χ2v) is 6.80. The predicted molar refractivity (Wildman–Crippen MR) is 88.5 cm³/mol. The maximum atomic E-state index is 13.2. The van der Waals surface area contributed by atoms with E-state index in [2.05, 4.69) is 0 Å². The molecule has 3 nitrogen and oxygen atoms in total. The number of allylic oxidation sites excluding steroid dienone is 1. The van der Waals surface area contributed by atoms with Gasteiger partial charge < -0.3 is 9.47 Å². The van der Waals surface area contributed by atoms with E-state index in [1.807, 2.05) is 0 Å². The van der Waals surface area contributed by atoms with Gasteiger partial charge in [0.15, 0.2) is 0 Å². The Morgan fingerprint density at radius 1 is 1.36 bits per heavy atom. The van der Waals surface area contributed by atoms with Gasteiger partial charge in [-0.2, -0.15) is 13.2 Å². The summed E-state index contributed by atoms with van der Waals surface area (Å²) in [6.45, 7) is 2.21. The molecular weight excluding hydrogens is 357 g/mol. The Morgan fingerprint density at radius 3 is 2.60 bits per heavy atom. The topological polar surface area (TPSA) is 35.5 Å². The van der Waals surface area contributed by atoms with Gasteiger partial charge in [0.25, 0.3) is 0 Å². The van der Waals surface area contributed by atoms with E-state index in [4.69, 9.17) is 21.1 Å². The van der Waals surface area contributed by atoms with Crippen LogP contribution in [-0.4, -0.2) is 26.8 Å². The molecule has 0 bridgehead atoms. The van der Waals surface area contributed by atoms with Crippen molar-refractivity contribution in [2.45, 2.75) is 31.4 Å². The van der Waals surface area contributed by atoms with Crippen LogP contribution in [0.5, 0.6) is 0 Å². The first-order valence-electron chi connectivity index (χ1n) is 7.78. The zero-order valence-corrected chi connectivity index (χ0v) is 15.0. The normalized spacial score (nSPS) is 24.0. The van der Waals surface area contributed by atoms with Crippen LogP contribution in [0.25, 0.3) is 0 Å². The molecule has 0 heterocycles. The third-order valence-corrected chi connectivity index (χ3v) is 4.99. The van der Waals surface area contributed by atoms with E-state index in [1.54, 1.807) is 20.1 Å². The number of methoxy groups -OCH3 is 2.